The van der Waals surface area contributed by atoms with Crippen molar-refractivity contribution < 1.29 is 4.79 Å². The summed E-state index contributed by atoms with van der Waals surface area (Å²) in [6, 6.07) is 0.266. The van der Waals surface area contributed by atoms with Gasteiger partial charge in [-0.1, -0.05) is 26.7 Å². The Hall–Kier alpha value is -1.36. The van der Waals surface area contributed by atoms with Crippen molar-refractivity contribution in [3.8, 4) is 0 Å². The maximum atomic E-state index is 12.4. The summed E-state index contributed by atoms with van der Waals surface area (Å²) in [6.45, 7) is 10.2. The summed E-state index contributed by atoms with van der Waals surface area (Å²) in [5.41, 5.74) is 9.34. The van der Waals surface area contributed by atoms with Crippen LogP contribution in [0, 0.1) is 25.7 Å². The van der Waals surface area contributed by atoms with Gasteiger partial charge in [0, 0.05) is 24.7 Å². The Labute approximate surface area is 146 Å². The van der Waals surface area contributed by atoms with E-state index in [1.54, 1.807) is 0 Å². The topological polar surface area (TPSA) is 72.9 Å². The molecule has 1 amide bonds. The highest BCUT2D eigenvalue weighted by atomic mass is 16.1. The second kappa shape index (κ2) is 8.65. The summed E-state index contributed by atoms with van der Waals surface area (Å²) in [4.78, 5) is 12.4. The van der Waals surface area contributed by atoms with Crippen LogP contribution in [0.3, 0.4) is 0 Å². The van der Waals surface area contributed by atoms with Crippen LogP contribution in [0.2, 0.25) is 0 Å². The zero-order chi connectivity index (χ0) is 17.7. The standard InChI is InChI=1S/C19H34N4O/c1-13(2)12-23-15(4)17(14(3)22-23)9-10-19(24)21-18-8-6-5-7-16(18)11-20/h13,16,18H,5-12,20H2,1-4H3,(H,21,24). The molecule has 1 aliphatic rings. The molecule has 1 saturated carbocycles. The largest absolute Gasteiger partial charge is 0.353 e. The third-order valence-corrected chi connectivity index (χ3v) is 5.23. The Morgan fingerprint density at radius 3 is 2.71 bits per heavy atom. The average molecular weight is 335 g/mol. The highest BCUT2D eigenvalue weighted by Crippen LogP contribution is 2.24. The van der Waals surface area contributed by atoms with Crippen LogP contribution < -0.4 is 11.1 Å². The van der Waals surface area contributed by atoms with Gasteiger partial charge < -0.3 is 11.1 Å². The van der Waals surface area contributed by atoms with Gasteiger partial charge in [0.15, 0.2) is 0 Å². The van der Waals surface area contributed by atoms with E-state index in [2.05, 4.69) is 35.9 Å². The van der Waals surface area contributed by atoms with E-state index in [1.807, 2.05) is 6.92 Å². The molecule has 3 N–H and O–H groups in total. The van der Waals surface area contributed by atoms with Gasteiger partial charge in [-0.3, -0.25) is 9.48 Å². The maximum Gasteiger partial charge on any atom is 0.220 e. The smallest absolute Gasteiger partial charge is 0.220 e. The number of rotatable bonds is 7. The summed E-state index contributed by atoms with van der Waals surface area (Å²) in [5.74, 6) is 1.16. The fraction of sp³-hybridized carbons (Fsp3) is 0.789. The van der Waals surface area contributed by atoms with Crippen LogP contribution >= 0.6 is 0 Å². The highest BCUT2D eigenvalue weighted by molar-refractivity contribution is 5.76. The number of amides is 1. The number of aromatic nitrogens is 2. The van der Waals surface area contributed by atoms with E-state index in [9.17, 15) is 4.79 Å². The maximum absolute atomic E-state index is 12.4. The number of nitrogens with two attached hydrogens (primary N) is 1. The fourth-order valence-corrected chi connectivity index (χ4v) is 3.82. The second-order valence-electron chi connectivity index (χ2n) is 7.68. The first-order valence-corrected chi connectivity index (χ1v) is 9.44. The van der Waals surface area contributed by atoms with Crippen LogP contribution in [-0.4, -0.2) is 28.3 Å². The Morgan fingerprint density at radius 1 is 1.33 bits per heavy atom. The van der Waals surface area contributed by atoms with Crippen molar-refractivity contribution in [1.29, 1.82) is 0 Å². The third kappa shape index (κ3) is 4.82. The lowest BCUT2D eigenvalue weighted by atomic mass is 9.84. The van der Waals surface area contributed by atoms with Crippen molar-refractivity contribution in [2.75, 3.05) is 6.54 Å². The minimum atomic E-state index is 0.149. The molecule has 2 atom stereocenters. The summed E-state index contributed by atoms with van der Waals surface area (Å²) in [5, 5.41) is 7.86. The van der Waals surface area contributed by atoms with Gasteiger partial charge in [0.2, 0.25) is 5.91 Å². The van der Waals surface area contributed by atoms with E-state index in [0.29, 0.717) is 24.8 Å². The molecule has 0 spiro atoms. The van der Waals surface area contributed by atoms with E-state index in [1.165, 1.54) is 24.1 Å². The molecule has 1 aromatic rings. The molecule has 0 radical (unpaired) electrons. The van der Waals surface area contributed by atoms with Crippen LogP contribution in [0.25, 0.3) is 0 Å². The van der Waals surface area contributed by atoms with E-state index in [4.69, 9.17) is 5.73 Å². The number of carbonyl (C=O) groups excluding carboxylic acids is 1. The van der Waals surface area contributed by atoms with Gasteiger partial charge in [-0.05, 0) is 57.1 Å². The SMILES string of the molecule is Cc1nn(CC(C)C)c(C)c1CCC(=O)NC1CCCCC1CN. The lowest BCUT2D eigenvalue weighted by Crippen LogP contribution is -2.44. The normalized spacial score (nSPS) is 21.2. The van der Waals surface area contributed by atoms with Crippen molar-refractivity contribution in [3.63, 3.8) is 0 Å². The van der Waals surface area contributed by atoms with Crippen LogP contribution in [0.5, 0.6) is 0 Å². The lowest BCUT2D eigenvalue weighted by Gasteiger charge is -2.31. The quantitative estimate of drug-likeness (QED) is 0.805. The number of nitrogens with one attached hydrogen (secondary N) is 1. The van der Waals surface area contributed by atoms with E-state index in [-0.39, 0.29) is 11.9 Å². The molecular weight excluding hydrogens is 300 g/mol. The summed E-state index contributed by atoms with van der Waals surface area (Å²) in [6.07, 6.45) is 5.94. The molecule has 136 valence electrons. The summed E-state index contributed by atoms with van der Waals surface area (Å²) < 4.78 is 2.08. The Kier molecular flexibility index (Phi) is 6.84. The molecule has 0 aliphatic heterocycles. The van der Waals surface area contributed by atoms with Gasteiger partial charge in [0.05, 0.1) is 5.69 Å². The van der Waals surface area contributed by atoms with Crippen molar-refractivity contribution in [2.24, 2.45) is 17.6 Å². The minimum absolute atomic E-state index is 0.149. The van der Waals surface area contributed by atoms with Crippen molar-refractivity contribution in [3.05, 3.63) is 17.0 Å². The zero-order valence-electron chi connectivity index (χ0n) is 15.8. The monoisotopic (exact) mass is 334 g/mol. The molecular formula is C19H34N4O. The van der Waals surface area contributed by atoms with Gasteiger partial charge in [-0.25, -0.2) is 0 Å². The highest BCUT2D eigenvalue weighted by Gasteiger charge is 2.25. The number of hydrogen-bond donors (Lipinski definition) is 2. The molecule has 5 heteroatoms. The van der Waals surface area contributed by atoms with Crippen LogP contribution in [0.15, 0.2) is 0 Å². The van der Waals surface area contributed by atoms with E-state index >= 15 is 0 Å². The third-order valence-electron chi connectivity index (χ3n) is 5.23. The van der Waals surface area contributed by atoms with Crippen molar-refractivity contribution in [2.45, 2.75) is 78.8 Å². The molecule has 1 heterocycles. The Balaban J connectivity index is 1.90. The molecule has 0 saturated heterocycles. The Bertz CT molecular complexity index is 550. The first kappa shape index (κ1) is 19.0. The molecule has 24 heavy (non-hydrogen) atoms. The zero-order valence-corrected chi connectivity index (χ0v) is 15.8. The molecule has 5 nitrogen and oxygen atoms in total. The first-order chi connectivity index (χ1) is 11.4. The van der Waals surface area contributed by atoms with Gasteiger partial charge in [-0.15, -0.1) is 0 Å². The summed E-state index contributed by atoms with van der Waals surface area (Å²) >= 11 is 0. The molecule has 0 bridgehead atoms. The molecule has 0 aromatic carbocycles. The lowest BCUT2D eigenvalue weighted by molar-refractivity contribution is -0.122. The first-order valence-electron chi connectivity index (χ1n) is 9.44. The molecule has 1 aromatic heterocycles. The number of hydrogen-bond acceptors (Lipinski definition) is 3. The van der Waals surface area contributed by atoms with Gasteiger partial charge >= 0.3 is 0 Å². The molecule has 1 aliphatic carbocycles. The second-order valence-corrected chi connectivity index (χ2v) is 7.68. The van der Waals surface area contributed by atoms with Crippen LogP contribution in [0.1, 0.15) is 62.9 Å². The van der Waals surface area contributed by atoms with Crippen molar-refractivity contribution in [1.82, 2.24) is 15.1 Å². The Morgan fingerprint density at radius 2 is 2.04 bits per heavy atom. The van der Waals surface area contributed by atoms with E-state index in [0.717, 1.165) is 31.5 Å². The number of aryl methyl sites for hydroxylation is 1. The van der Waals surface area contributed by atoms with Gasteiger partial charge in [-0.2, -0.15) is 5.10 Å². The fourth-order valence-electron chi connectivity index (χ4n) is 3.82. The molecule has 2 unspecified atom stereocenters. The summed E-state index contributed by atoms with van der Waals surface area (Å²) in [7, 11) is 0. The van der Waals surface area contributed by atoms with E-state index < -0.39 is 0 Å². The van der Waals surface area contributed by atoms with Crippen molar-refractivity contribution >= 4 is 5.91 Å². The molecule has 2 rings (SSSR count). The van der Waals surface area contributed by atoms with Gasteiger partial charge in [0.25, 0.3) is 0 Å². The van der Waals surface area contributed by atoms with Gasteiger partial charge in [0.1, 0.15) is 0 Å². The average Bonchev–Trinajstić information content (AvgIpc) is 2.79. The van der Waals surface area contributed by atoms with Crippen LogP contribution in [-0.2, 0) is 17.8 Å². The molecule has 1 fully saturated rings. The number of nitrogens with zero attached hydrogens (tertiary/aromatic N) is 2. The predicted octanol–water partition coefficient (Wildman–Crippen LogP) is 2.72. The minimum Gasteiger partial charge on any atom is -0.353 e. The number of carbonyl (C=O) groups is 1. The van der Waals surface area contributed by atoms with Crippen LogP contribution in [0.4, 0.5) is 0 Å². The predicted molar refractivity (Wildman–Crippen MR) is 97.8 cm³/mol.